The van der Waals surface area contributed by atoms with E-state index in [1.807, 2.05) is 42.5 Å². The number of fused-ring (bicyclic) bond motifs is 1. The van der Waals surface area contributed by atoms with Gasteiger partial charge in [0.15, 0.2) is 0 Å². The second-order valence-electron chi connectivity index (χ2n) is 4.75. The van der Waals surface area contributed by atoms with E-state index >= 15 is 0 Å². The third-order valence-corrected chi connectivity index (χ3v) is 3.40. The van der Waals surface area contributed by atoms with Crippen LogP contribution in [0.15, 0.2) is 54.6 Å². The molecule has 106 valence electrons. The second-order valence-corrected chi connectivity index (χ2v) is 5.09. The molecule has 21 heavy (non-hydrogen) atoms. The first-order valence-electron chi connectivity index (χ1n) is 6.92. The van der Waals surface area contributed by atoms with Gasteiger partial charge in [0.25, 0.3) is 0 Å². The Balaban J connectivity index is 1.65. The van der Waals surface area contributed by atoms with E-state index < -0.39 is 0 Å². The number of rotatable bonds is 5. The number of benzene rings is 2. The molecule has 3 nitrogen and oxygen atoms in total. The maximum Gasteiger partial charge on any atom is 0.226 e. The summed E-state index contributed by atoms with van der Waals surface area (Å²) in [6.45, 7) is 0.603. The molecule has 3 rings (SSSR count). The maximum atomic E-state index is 5.93. The van der Waals surface area contributed by atoms with Gasteiger partial charge < -0.3 is 4.74 Å². The number of aromatic nitrogens is 2. The van der Waals surface area contributed by atoms with E-state index in [1.54, 1.807) is 0 Å². The van der Waals surface area contributed by atoms with Crippen molar-refractivity contribution in [2.24, 2.45) is 0 Å². The Morgan fingerprint density at radius 2 is 1.67 bits per heavy atom. The first kappa shape index (κ1) is 13.8. The highest BCUT2D eigenvalue weighted by Crippen LogP contribution is 2.23. The van der Waals surface area contributed by atoms with E-state index in [2.05, 4.69) is 22.1 Å². The van der Waals surface area contributed by atoms with Crippen LogP contribution in [0, 0.1) is 0 Å². The zero-order valence-corrected chi connectivity index (χ0v) is 12.3. The summed E-state index contributed by atoms with van der Waals surface area (Å²) in [5.74, 6) is 0.554. The lowest BCUT2D eigenvalue weighted by molar-refractivity contribution is 0.303. The topological polar surface area (TPSA) is 35.0 Å². The summed E-state index contributed by atoms with van der Waals surface area (Å²) < 4.78 is 5.79. The largest absolute Gasteiger partial charge is 0.477 e. The van der Waals surface area contributed by atoms with Gasteiger partial charge in [0, 0.05) is 0 Å². The molecular weight excluding hydrogens is 284 g/mol. The summed E-state index contributed by atoms with van der Waals surface area (Å²) in [4.78, 5) is 8.36. The number of halogens is 1. The molecule has 4 heteroatoms. The van der Waals surface area contributed by atoms with E-state index in [0.717, 1.165) is 23.7 Å². The van der Waals surface area contributed by atoms with E-state index in [4.69, 9.17) is 16.3 Å². The van der Waals surface area contributed by atoms with Crippen LogP contribution in [-0.4, -0.2) is 16.6 Å². The SMILES string of the molecule is Clc1nc(OCCCc2ccccc2)c2ccccc2n1. The smallest absolute Gasteiger partial charge is 0.226 e. The fourth-order valence-corrected chi connectivity index (χ4v) is 2.39. The van der Waals surface area contributed by atoms with Gasteiger partial charge in [-0.3, -0.25) is 0 Å². The van der Waals surface area contributed by atoms with Crippen molar-refractivity contribution in [2.75, 3.05) is 6.61 Å². The number of aryl methyl sites for hydroxylation is 1. The highest BCUT2D eigenvalue weighted by molar-refractivity contribution is 6.28. The van der Waals surface area contributed by atoms with Crippen LogP contribution in [0.1, 0.15) is 12.0 Å². The van der Waals surface area contributed by atoms with Crippen molar-refractivity contribution in [2.45, 2.75) is 12.8 Å². The van der Waals surface area contributed by atoms with Crippen molar-refractivity contribution in [3.8, 4) is 5.88 Å². The van der Waals surface area contributed by atoms with E-state index in [-0.39, 0.29) is 5.28 Å². The molecule has 0 saturated carbocycles. The van der Waals surface area contributed by atoms with Crippen LogP contribution in [0.5, 0.6) is 5.88 Å². The molecule has 0 N–H and O–H groups in total. The number of ether oxygens (including phenoxy) is 1. The Bertz CT molecular complexity index is 731. The van der Waals surface area contributed by atoms with Crippen molar-refractivity contribution in [1.29, 1.82) is 0 Å². The van der Waals surface area contributed by atoms with Crippen LogP contribution >= 0.6 is 11.6 Å². The van der Waals surface area contributed by atoms with Crippen LogP contribution in [-0.2, 0) is 6.42 Å². The molecule has 1 heterocycles. The Hall–Kier alpha value is -2.13. The third kappa shape index (κ3) is 3.50. The molecule has 3 aromatic rings. The van der Waals surface area contributed by atoms with Crippen LogP contribution in [0.3, 0.4) is 0 Å². The molecule has 0 aliphatic rings. The van der Waals surface area contributed by atoms with Crippen molar-refractivity contribution in [3.63, 3.8) is 0 Å². The van der Waals surface area contributed by atoms with Gasteiger partial charge in [-0.15, -0.1) is 0 Å². The molecule has 0 aliphatic carbocycles. The molecule has 0 saturated heterocycles. The Labute approximate surface area is 128 Å². The quantitative estimate of drug-likeness (QED) is 0.520. The maximum absolute atomic E-state index is 5.93. The highest BCUT2D eigenvalue weighted by Gasteiger charge is 2.07. The molecule has 0 spiro atoms. The summed E-state index contributed by atoms with van der Waals surface area (Å²) >= 11 is 5.93. The van der Waals surface area contributed by atoms with Gasteiger partial charge in [0.1, 0.15) is 0 Å². The van der Waals surface area contributed by atoms with Crippen LogP contribution in [0.4, 0.5) is 0 Å². The summed E-state index contributed by atoms with van der Waals surface area (Å²) in [5.41, 5.74) is 2.11. The number of hydrogen-bond donors (Lipinski definition) is 0. The average molecular weight is 299 g/mol. The van der Waals surface area contributed by atoms with E-state index in [9.17, 15) is 0 Å². The summed E-state index contributed by atoms with van der Waals surface area (Å²) in [6.07, 6.45) is 1.91. The second kappa shape index (κ2) is 6.55. The molecule has 1 aromatic heterocycles. The minimum absolute atomic E-state index is 0.215. The Kier molecular flexibility index (Phi) is 4.31. The van der Waals surface area contributed by atoms with Gasteiger partial charge in [-0.05, 0) is 42.1 Å². The molecule has 0 atom stereocenters. The molecule has 0 fully saturated rings. The van der Waals surface area contributed by atoms with Crippen molar-refractivity contribution in [1.82, 2.24) is 9.97 Å². The zero-order chi connectivity index (χ0) is 14.5. The summed E-state index contributed by atoms with van der Waals surface area (Å²) in [5, 5.41) is 1.10. The minimum atomic E-state index is 0.215. The van der Waals surface area contributed by atoms with Crippen LogP contribution < -0.4 is 4.74 Å². The Morgan fingerprint density at radius 3 is 2.52 bits per heavy atom. The highest BCUT2D eigenvalue weighted by atomic mass is 35.5. The zero-order valence-electron chi connectivity index (χ0n) is 11.5. The van der Waals surface area contributed by atoms with E-state index in [1.165, 1.54) is 5.56 Å². The fourth-order valence-electron chi connectivity index (χ4n) is 2.22. The van der Waals surface area contributed by atoms with Crippen LogP contribution in [0.25, 0.3) is 10.9 Å². The van der Waals surface area contributed by atoms with E-state index in [0.29, 0.717) is 12.5 Å². The van der Waals surface area contributed by atoms with Gasteiger partial charge in [0.2, 0.25) is 11.2 Å². The minimum Gasteiger partial charge on any atom is -0.477 e. The fraction of sp³-hybridized carbons (Fsp3) is 0.176. The number of nitrogens with zero attached hydrogens (tertiary/aromatic N) is 2. The lowest BCUT2D eigenvalue weighted by atomic mass is 10.1. The van der Waals surface area contributed by atoms with Gasteiger partial charge in [-0.25, -0.2) is 4.98 Å². The molecule has 0 radical (unpaired) electrons. The van der Waals surface area contributed by atoms with Gasteiger partial charge in [-0.2, -0.15) is 4.98 Å². The molecule has 0 unspecified atom stereocenters. The van der Waals surface area contributed by atoms with Crippen molar-refractivity contribution in [3.05, 3.63) is 65.4 Å². The monoisotopic (exact) mass is 298 g/mol. The lowest BCUT2D eigenvalue weighted by Crippen LogP contribution is -2.02. The molecule has 2 aromatic carbocycles. The predicted molar refractivity (Wildman–Crippen MR) is 84.8 cm³/mol. The first-order chi connectivity index (χ1) is 10.3. The Morgan fingerprint density at radius 1 is 0.905 bits per heavy atom. The predicted octanol–water partition coefficient (Wildman–Crippen LogP) is 4.29. The molecule has 0 amide bonds. The van der Waals surface area contributed by atoms with Gasteiger partial charge in [0.05, 0.1) is 17.5 Å². The molecule has 0 bridgehead atoms. The van der Waals surface area contributed by atoms with Crippen molar-refractivity contribution < 1.29 is 4.74 Å². The standard InChI is InChI=1S/C17H15ClN2O/c18-17-19-15-11-5-4-10-14(15)16(20-17)21-12-6-9-13-7-2-1-3-8-13/h1-5,7-8,10-11H,6,9,12H2. The van der Waals surface area contributed by atoms with Crippen molar-refractivity contribution >= 4 is 22.5 Å². The number of hydrogen-bond acceptors (Lipinski definition) is 3. The van der Waals surface area contributed by atoms with Crippen LogP contribution in [0.2, 0.25) is 5.28 Å². The normalized spacial score (nSPS) is 10.7. The molecular formula is C17H15ClN2O. The summed E-state index contributed by atoms with van der Waals surface area (Å²) in [6, 6.07) is 18.1. The molecule has 0 aliphatic heterocycles. The first-order valence-corrected chi connectivity index (χ1v) is 7.30. The lowest BCUT2D eigenvalue weighted by Gasteiger charge is -2.08. The third-order valence-electron chi connectivity index (χ3n) is 3.23. The number of para-hydroxylation sites is 1. The van der Waals surface area contributed by atoms with Gasteiger partial charge in [-0.1, -0.05) is 42.5 Å². The summed E-state index contributed by atoms with van der Waals surface area (Å²) in [7, 11) is 0. The average Bonchev–Trinajstić information content (AvgIpc) is 2.52. The van der Waals surface area contributed by atoms with Gasteiger partial charge >= 0.3 is 0 Å².